The van der Waals surface area contributed by atoms with Crippen LogP contribution in [-0.4, -0.2) is 32.7 Å². The van der Waals surface area contributed by atoms with Crippen LogP contribution in [0.3, 0.4) is 0 Å². The van der Waals surface area contributed by atoms with E-state index in [0.29, 0.717) is 11.5 Å². The molecule has 3 aromatic rings. The molecule has 2 N–H and O–H groups in total. The van der Waals surface area contributed by atoms with E-state index in [0.717, 1.165) is 16.8 Å². The number of anilines is 1. The molecule has 0 bridgehead atoms. The third kappa shape index (κ3) is 3.11. The Morgan fingerprint density at radius 1 is 1.35 bits per heavy atom. The molecule has 0 unspecified atom stereocenters. The number of amides is 2. The van der Waals surface area contributed by atoms with Gasteiger partial charge in [-0.2, -0.15) is 5.10 Å². The Hall–Kier alpha value is -2.61. The third-order valence-electron chi connectivity index (χ3n) is 3.54. The molecule has 3 heterocycles. The van der Waals surface area contributed by atoms with Gasteiger partial charge >= 0.3 is 0 Å². The van der Waals surface area contributed by atoms with Crippen LogP contribution in [0.25, 0.3) is 10.2 Å². The first-order valence-corrected chi connectivity index (χ1v) is 8.11. The van der Waals surface area contributed by atoms with Crippen molar-refractivity contribution in [3.05, 3.63) is 35.5 Å². The average Bonchev–Trinajstić information content (AvgIpc) is 3.23. The van der Waals surface area contributed by atoms with E-state index < -0.39 is 0 Å². The Balaban J connectivity index is 1.58. The highest BCUT2D eigenvalue weighted by molar-refractivity contribution is 7.17. The van der Waals surface area contributed by atoms with Gasteiger partial charge in [0.05, 0.1) is 16.8 Å². The van der Waals surface area contributed by atoms with Crippen LogP contribution < -0.4 is 10.6 Å². The summed E-state index contributed by atoms with van der Waals surface area (Å²) in [4.78, 5) is 24.1. The highest BCUT2D eigenvalue weighted by Crippen LogP contribution is 2.23. The van der Waals surface area contributed by atoms with E-state index >= 15 is 0 Å². The van der Waals surface area contributed by atoms with Crippen molar-refractivity contribution in [2.24, 2.45) is 7.05 Å². The standard InChI is InChI=1S/C15H17N5O2S/c1-3-20-6-4-13(18-20)17-14(21)9-16-15(22)11-8-12-10(19(11)2)5-7-23-12/h4-8H,3,9H2,1-2H3,(H,16,22)(H,17,18,21). The van der Waals surface area contributed by atoms with Crippen LogP contribution in [-0.2, 0) is 18.4 Å². The number of carbonyl (C=O) groups excluding carboxylic acids is 2. The number of carbonyl (C=O) groups is 2. The van der Waals surface area contributed by atoms with Crippen LogP contribution in [0.15, 0.2) is 29.8 Å². The smallest absolute Gasteiger partial charge is 0.268 e. The second kappa shape index (κ2) is 6.25. The van der Waals surface area contributed by atoms with Gasteiger partial charge in [0.1, 0.15) is 5.69 Å². The zero-order valence-electron chi connectivity index (χ0n) is 12.9. The summed E-state index contributed by atoms with van der Waals surface area (Å²) in [6.45, 7) is 2.59. The Morgan fingerprint density at radius 2 is 2.17 bits per heavy atom. The first-order chi connectivity index (χ1) is 11.1. The van der Waals surface area contributed by atoms with E-state index in [2.05, 4.69) is 15.7 Å². The fourth-order valence-corrected chi connectivity index (χ4v) is 3.16. The molecule has 0 aliphatic heterocycles. The molecule has 0 atom stereocenters. The predicted molar refractivity (Wildman–Crippen MR) is 89.7 cm³/mol. The van der Waals surface area contributed by atoms with Crippen molar-refractivity contribution < 1.29 is 9.59 Å². The van der Waals surface area contributed by atoms with Crippen molar-refractivity contribution in [2.45, 2.75) is 13.5 Å². The molecule has 0 spiro atoms. The van der Waals surface area contributed by atoms with Crippen LogP contribution >= 0.6 is 11.3 Å². The van der Waals surface area contributed by atoms with E-state index in [9.17, 15) is 9.59 Å². The van der Waals surface area contributed by atoms with Gasteiger partial charge in [-0.1, -0.05) is 0 Å². The summed E-state index contributed by atoms with van der Waals surface area (Å²) >= 11 is 1.58. The Bertz CT molecular complexity index is 860. The molecule has 0 aromatic carbocycles. The maximum absolute atomic E-state index is 12.2. The third-order valence-corrected chi connectivity index (χ3v) is 4.39. The van der Waals surface area contributed by atoms with Crippen molar-refractivity contribution in [1.29, 1.82) is 0 Å². The SMILES string of the molecule is CCn1ccc(NC(=O)CNC(=O)c2cc3sccc3n2C)n1. The van der Waals surface area contributed by atoms with Crippen LogP contribution in [0.1, 0.15) is 17.4 Å². The summed E-state index contributed by atoms with van der Waals surface area (Å²) in [5.41, 5.74) is 1.55. The first-order valence-electron chi connectivity index (χ1n) is 7.23. The zero-order chi connectivity index (χ0) is 16.4. The average molecular weight is 331 g/mol. The topological polar surface area (TPSA) is 81.0 Å². The Morgan fingerprint density at radius 3 is 2.87 bits per heavy atom. The second-order valence-corrected chi connectivity index (χ2v) is 5.99. The number of nitrogens with zero attached hydrogens (tertiary/aromatic N) is 3. The minimum absolute atomic E-state index is 0.101. The van der Waals surface area contributed by atoms with Gasteiger partial charge in [-0.15, -0.1) is 11.3 Å². The van der Waals surface area contributed by atoms with Gasteiger partial charge in [0.2, 0.25) is 5.91 Å². The minimum atomic E-state index is -0.310. The molecule has 0 aliphatic rings. The summed E-state index contributed by atoms with van der Waals surface area (Å²) in [5.74, 6) is -0.105. The largest absolute Gasteiger partial charge is 0.342 e. The maximum atomic E-state index is 12.2. The first kappa shape index (κ1) is 15.3. The number of nitrogens with one attached hydrogen (secondary N) is 2. The van der Waals surface area contributed by atoms with Crippen molar-refractivity contribution in [1.82, 2.24) is 19.7 Å². The van der Waals surface area contributed by atoms with Crippen LogP contribution in [0.2, 0.25) is 0 Å². The molecular weight excluding hydrogens is 314 g/mol. The molecular formula is C15H17N5O2S. The van der Waals surface area contributed by atoms with Crippen molar-refractivity contribution >= 4 is 39.2 Å². The highest BCUT2D eigenvalue weighted by atomic mass is 32.1. The number of hydrogen-bond acceptors (Lipinski definition) is 4. The molecule has 120 valence electrons. The van der Waals surface area contributed by atoms with Gasteiger partial charge < -0.3 is 15.2 Å². The van der Waals surface area contributed by atoms with Gasteiger partial charge in [-0.05, 0) is 24.4 Å². The normalized spacial score (nSPS) is 10.9. The fourth-order valence-electron chi connectivity index (χ4n) is 2.31. The molecule has 2 amide bonds. The lowest BCUT2D eigenvalue weighted by Crippen LogP contribution is -2.33. The molecule has 23 heavy (non-hydrogen) atoms. The molecule has 0 fully saturated rings. The summed E-state index contributed by atoms with van der Waals surface area (Å²) < 4.78 is 4.58. The maximum Gasteiger partial charge on any atom is 0.268 e. The predicted octanol–water partition coefficient (Wildman–Crippen LogP) is 1.82. The fraction of sp³-hybridized carbons (Fsp3) is 0.267. The minimum Gasteiger partial charge on any atom is -0.342 e. The zero-order valence-corrected chi connectivity index (χ0v) is 13.7. The number of thiophene rings is 1. The lowest BCUT2D eigenvalue weighted by molar-refractivity contribution is -0.115. The number of rotatable bonds is 5. The molecule has 0 saturated carbocycles. The summed E-state index contributed by atoms with van der Waals surface area (Å²) in [6.07, 6.45) is 1.78. The molecule has 0 radical (unpaired) electrons. The highest BCUT2D eigenvalue weighted by Gasteiger charge is 2.15. The molecule has 0 aliphatic carbocycles. The van der Waals surface area contributed by atoms with Crippen molar-refractivity contribution in [2.75, 3.05) is 11.9 Å². The summed E-state index contributed by atoms with van der Waals surface area (Å²) in [7, 11) is 1.83. The summed E-state index contributed by atoms with van der Waals surface area (Å²) in [6, 6.07) is 5.51. The van der Waals surface area contributed by atoms with Crippen LogP contribution in [0.4, 0.5) is 5.82 Å². The molecule has 8 heteroatoms. The summed E-state index contributed by atoms with van der Waals surface area (Å²) in [5, 5.41) is 11.4. The van der Waals surface area contributed by atoms with E-state index in [4.69, 9.17) is 0 Å². The van der Waals surface area contributed by atoms with Gasteiger partial charge in [0.25, 0.3) is 5.91 Å². The van der Waals surface area contributed by atoms with Gasteiger partial charge in [0.15, 0.2) is 5.82 Å². The molecule has 3 aromatic heterocycles. The van der Waals surface area contributed by atoms with Gasteiger partial charge in [-0.3, -0.25) is 14.3 Å². The number of aryl methyl sites for hydroxylation is 2. The molecule has 0 saturated heterocycles. The lowest BCUT2D eigenvalue weighted by Gasteiger charge is -2.06. The Kier molecular flexibility index (Phi) is 4.16. The van der Waals surface area contributed by atoms with E-state index in [1.165, 1.54) is 0 Å². The number of hydrogen-bond donors (Lipinski definition) is 2. The van der Waals surface area contributed by atoms with E-state index in [-0.39, 0.29) is 18.4 Å². The monoisotopic (exact) mass is 331 g/mol. The van der Waals surface area contributed by atoms with Crippen molar-refractivity contribution in [3.8, 4) is 0 Å². The van der Waals surface area contributed by atoms with Crippen molar-refractivity contribution in [3.63, 3.8) is 0 Å². The van der Waals surface area contributed by atoms with Gasteiger partial charge in [0, 0.05) is 25.9 Å². The Labute approximate surface area is 136 Å². The number of fused-ring (bicyclic) bond motifs is 1. The van der Waals surface area contributed by atoms with E-state index in [1.807, 2.05) is 36.1 Å². The molecule has 3 rings (SSSR count). The molecule has 7 nitrogen and oxygen atoms in total. The van der Waals surface area contributed by atoms with Crippen LogP contribution in [0, 0.1) is 0 Å². The van der Waals surface area contributed by atoms with E-state index in [1.54, 1.807) is 28.3 Å². The van der Waals surface area contributed by atoms with Gasteiger partial charge in [-0.25, -0.2) is 0 Å². The number of aromatic nitrogens is 3. The second-order valence-electron chi connectivity index (χ2n) is 5.05. The van der Waals surface area contributed by atoms with Crippen LogP contribution in [0.5, 0.6) is 0 Å². The quantitative estimate of drug-likeness (QED) is 0.748. The lowest BCUT2D eigenvalue weighted by atomic mass is 10.4.